The highest BCUT2D eigenvalue weighted by Crippen LogP contribution is 2.27. The molecule has 1 atom stereocenters. The van der Waals surface area contributed by atoms with E-state index in [0.717, 1.165) is 11.3 Å². The van der Waals surface area contributed by atoms with Gasteiger partial charge in [0.25, 0.3) is 7.52 Å². The minimum atomic E-state index is -3.24. The van der Waals surface area contributed by atoms with E-state index in [9.17, 15) is 9.36 Å². The molecular formula is C12H20N3O4P. The van der Waals surface area contributed by atoms with Crippen LogP contribution in [0.2, 0.25) is 0 Å². The molecule has 1 aromatic rings. The summed E-state index contributed by atoms with van der Waals surface area (Å²) < 4.78 is 15.9. The standard InChI is InChI=1S/C12H20N3O4P/c1-13-11-5-3-10(4-6-11)9-19-12(16)14-7-8-15-20(2,17)18/h3-6,13H,7-9H2,1-2H3,(H,14,16)(H2,15,17,18). The van der Waals surface area contributed by atoms with E-state index >= 15 is 0 Å². The van der Waals surface area contributed by atoms with Crippen LogP contribution in [0.25, 0.3) is 0 Å². The lowest BCUT2D eigenvalue weighted by atomic mass is 10.2. The second kappa shape index (κ2) is 7.89. The molecule has 0 saturated heterocycles. The Kier molecular flexibility index (Phi) is 6.51. The lowest BCUT2D eigenvalue weighted by Gasteiger charge is -2.09. The Labute approximate surface area is 118 Å². The molecule has 0 aliphatic heterocycles. The third kappa shape index (κ3) is 7.13. The molecule has 112 valence electrons. The molecule has 1 aromatic carbocycles. The number of nitrogens with one attached hydrogen (secondary N) is 3. The predicted molar refractivity (Wildman–Crippen MR) is 77.9 cm³/mol. The van der Waals surface area contributed by atoms with Crippen molar-refractivity contribution in [1.29, 1.82) is 0 Å². The van der Waals surface area contributed by atoms with Gasteiger partial charge in [-0.3, -0.25) is 4.57 Å². The zero-order chi connectivity index (χ0) is 15.0. The Bertz CT molecular complexity index is 472. The number of alkyl carbamates (subject to hydrolysis) is 1. The first-order valence-electron chi connectivity index (χ1n) is 6.13. The van der Waals surface area contributed by atoms with Crippen molar-refractivity contribution in [1.82, 2.24) is 10.4 Å². The predicted octanol–water partition coefficient (Wildman–Crippen LogP) is 1.36. The van der Waals surface area contributed by atoms with Gasteiger partial charge >= 0.3 is 6.09 Å². The summed E-state index contributed by atoms with van der Waals surface area (Å²) in [6, 6.07) is 7.50. The van der Waals surface area contributed by atoms with Gasteiger partial charge < -0.3 is 20.3 Å². The fourth-order valence-electron chi connectivity index (χ4n) is 1.40. The molecule has 0 spiro atoms. The summed E-state index contributed by atoms with van der Waals surface area (Å²) in [5.74, 6) is 0. The minimum Gasteiger partial charge on any atom is -0.445 e. The average Bonchev–Trinajstić information content (AvgIpc) is 2.41. The largest absolute Gasteiger partial charge is 0.445 e. The zero-order valence-electron chi connectivity index (χ0n) is 11.5. The molecular weight excluding hydrogens is 281 g/mol. The number of rotatable bonds is 7. The molecule has 0 aliphatic carbocycles. The first kappa shape index (κ1) is 16.5. The number of carbonyl (C=O) groups excluding carboxylic acids is 1. The molecule has 4 N–H and O–H groups in total. The molecule has 1 unspecified atom stereocenters. The van der Waals surface area contributed by atoms with E-state index in [2.05, 4.69) is 15.7 Å². The Hall–Kier alpha value is -1.56. The van der Waals surface area contributed by atoms with Crippen molar-refractivity contribution in [2.75, 3.05) is 32.1 Å². The maximum Gasteiger partial charge on any atom is 0.407 e. The van der Waals surface area contributed by atoms with Crippen molar-refractivity contribution in [3.05, 3.63) is 29.8 Å². The summed E-state index contributed by atoms with van der Waals surface area (Å²) >= 11 is 0. The van der Waals surface area contributed by atoms with Crippen LogP contribution < -0.4 is 15.7 Å². The Morgan fingerprint density at radius 3 is 2.50 bits per heavy atom. The first-order chi connectivity index (χ1) is 9.40. The fourth-order valence-corrected chi connectivity index (χ4v) is 1.92. The average molecular weight is 301 g/mol. The molecule has 0 saturated carbocycles. The molecule has 0 aliphatic rings. The quantitative estimate of drug-likeness (QED) is 0.448. The Morgan fingerprint density at radius 2 is 1.95 bits per heavy atom. The van der Waals surface area contributed by atoms with Gasteiger partial charge in [-0.25, -0.2) is 9.88 Å². The van der Waals surface area contributed by atoms with Crippen LogP contribution in [0.4, 0.5) is 10.5 Å². The number of anilines is 1. The van der Waals surface area contributed by atoms with Crippen LogP contribution in [-0.2, 0) is 15.9 Å². The highest BCUT2D eigenvalue weighted by molar-refractivity contribution is 7.54. The van der Waals surface area contributed by atoms with E-state index in [1.807, 2.05) is 31.3 Å². The van der Waals surface area contributed by atoms with Gasteiger partial charge in [0, 0.05) is 32.5 Å². The maximum atomic E-state index is 11.4. The van der Waals surface area contributed by atoms with Crippen molar-refractivity contribution >= 4 is 19.3 Å². The molecule has 8 heteroatoms. The van der Waals surface area contributed by atoms with Gasteiger partial charge in [0.15, 0.2) is 0 Å². The van der Waals surface area contributed by atoms with E-state index in [4.69, 9.17) is 9.63 Å². The lowest BCUT2D eigenvalue weighted by Crippen LogP contribution is -2.31. The van der Waals surface area contributed by atoms with Crippen LogP contribution in [0, 0.1) is 0 Å². The summed E-state index contributed by atoms with van der Waals surface area (Å²) in [6.07, 6.45) is -0.562. The third-order valence-corrected chi connectivity index (χ3v) is 3.22. The van der Waals surface area contributed by atoms with Gasteiger partial charge in [-0.15, -0.1) is 0 Å². The number of amides is 1. The van der Waals surface area contributed by atoms with E-state index in [0.29, 0.717) is 0 Å². The Balaban J connectivity index is 2.20. The smallest absolute Gasteiger partial charge is 0.407 e. The fraction of sp³-hybridized carbons (Fsp3) is 0.417. The second-order valence-electron chi connectivity index (χ2n) is 4.24. The molecule has 0 radical (unpaired) electrons. The monoisotopic (exact) mass is 301 g/mol. The zero-order valence-corrected chi connectivity index (χ0v) is 12.4. The van der Waals surface area contributed by atoms with Crippen molar-refractivity contribution in [2.24, 2.45) is 0 Å². The molecule has 20 heavy (non-hydrogen) atoms. The summed E-state index contributed by atoms with van der Waals surface area (Å²) in [6.45, 7) is 1.79. The van der Waals surface area contributed by atoms with Crippen LogP contribution >= 0.6 is 7.52 Å². The molecule has 1 amide bonds. The van der Waals surface area contributed by atoms with Crippen LogP contribution in [-0.4, -0.2) is 37.8 Å². The minimum absolute atomic E-state index is 0.176. The SMILES string of the molecule is CNc1ccc(COC(=O)NCCNP(C)(=O)O)cc1. The van der Waals surface area contributed by atoms with Gasteiger partial charge in [-0.05, 0) is 17.7 Å². The van der Waals surface area contributed by atoms with Crippen molar-refractivity contribution < 1.29 is 19.0 Å². The van der Waals surface area contributed by atoms with Gasteiger partial charge in [0.05, 0.1) is 0 Å². The summed E-state index contributed by atoms with van der Waals surface area (Å²) in [5, 5.41) is 7.87. The van der Waals surface area contributed by atoms with Crippen LogP contribution in [0.5, 0.6) is 0 Å². The lowest BCUT2D eigenvalue weighted by molar-refractivity contribution is 0.140. The maximum absolute atomic E-state index is 11.4. The third-order valence-electron chi connectivity index (χ3n) is 2.41. The molecule has 0 heterocycles. The number of hydrogen-bond donors (Lipinski definition) is 4. The second-order valence-corrected chi connectivity index (χ2v) is 6.31. The van der Waals surface area contributed by atoms with Crippen LogP contribution in [0.15, 0.2) is 24.3 Å². The number of carbonyl (C=O) groups is 1. The summed E-state index contributed by atoms with van der Waals surface area (Å²) in [4.78, 5) is 20.3. The topological polar surface area (TPSA) is 99.7 Å². The van der Waals surface area contributed by atoms with Gasteiger partial charge in [-0.2, -0.15) is 0 Å². The van der Waals surface area contributed by atoms with Crippen molar-refractivity contribution in [3.63, 3.8) is 0 Å². The Morgan fingerprint density at radius 1 is 1.30 bits per heavy atom. The normalized spacial score (nSPS) is 13.3. The molecule has 1 rings (SSSR count). The van der Waals surface area contributed by atoms with Gasteiger partial charge in [0.2, 0.25) is 0 Å². The van der Waals surface area contributed by atoms with E-state index in [-0.39, 0.29) is 19.7 Å². The summed E-state index contributed by atoms with van der Waals surface area (Å²) in [7, 11) is -1.42. The molecule has 0 fully saturated rings. The highest BCUT2D eigenvalue weighted by Gasteiger charge is 2.07. The molecule has 7 nitrogen and oxygen atoms in total. The first-order valence-corrected chi connectivity index (χ1v) is 8.24. The number of hydrogen-bond acceptors (Lipinski definition) is 4. The van der Waals surface area contributed by atoms with E-state index < -0.39 is 13.6 Å². The van der Waals surface area contributed by atoms with Crippen LogP contribution in [0.1, 0.15) is 5.56 Å². The number of ether oxygens (including phenoxy) is 1. The summed E-state index contributed by atoms with van der Waals surface area (Å²) in [5.41, 5.74) is 1.86. The van der Waals surface area contributed by atoms with Crippen molar-refractivity contribution in [2.45, 2.75) is 6.61 Å². The van der Waals surface area contributed by atoms with E-state index in [1.165, 1.54) is 6.66 Å². The van der Waals surface area contributed by atoms with Crippen molar-refractivity contribution in [3.8, 4) is 0 Å². The molecule has 0 bridgehead atoms. The number of benzene rings is 1. The molecule has 0 aromatic heterocycles. The van der Waals surface area contributed by atoms with Crippen LogP contribution in [0.3, 0.4) is 0 Å². The highest BCUT2D eigenvalue weighted by atomic mass is 31.2. The van der Waals surface area contributed by atoms with Gasteiger partial charge in [-0.1, -0.05) is 12.1 Å². The van der Waals surface area contributed by atoms with E-state index in [1.54, 1.807) is 0 Å². The van der Waals surface area contributed by atoms with Gasteiger partial charge in [0.1, 0.15) is 6.61 Å².